The molecule has 0 radical (unpaired) electrons. The molecule has 7 heteroatoms. The lowest BCUT2D eigenvalue weighted by molar-refractivity contribution is -0.140. The summed E-state index contributed by atoms with van der Waals surface area (Å²) >= 11 is 1.60. The van der Waals surface area contributed by atoms with Gasteiger partial charge in [0.25, 0.3) is 0 Å². The highest BCUT2D eigenvalue weighted by molar-refractivity contribution is 7.13. The van der Waals surface area contributed by atoms with Gasteiger partial charge in [0.1, 0.15) is 0 Å². The minimum absolute atomic E-state index is 0.164. The highest BCUT2D eigenvalue weighted by atomic mass is 32.1. The van der Waals surface area contributed by atoms with Crippen LogP contribution in [-0.2, 0) is 11.3 Å². The number of hydrogen-bond donors (Lipinski definition) is 0. The molecule has 1 saturated heterocycles. The van der Waals surface area contributed by atoms with Crippen molar-refractivity contribution < 1.29 is 4.79 Å². The predicted molar refractivity (Wildman–Crippen MR) is 85.3 cm³/mol. The Balaban J connectivity index is 1.71. The molecule has 0 N–H and O–H groups in total. The Bertz CT molecular complexity index is 643. The van der Waals surface area contributed by atoms with Gasteiger partial charge in [-0.25, -0.2) is 0 Å². The van der Waals surface area contributed by atoms with E-state index < -0.39 is 0 Å². The van der Waals surface area contributed by atoms with Crippen molar-refractivity contribution in [3.8, 4) is 10.7 Å². The van der Waals surface area contributed by atoms with Crippen molar-refractivity contribution in [2.75, 3.05) is 6.54 Å². The fraction of sp³-hybridized carbons (Fsp3) is 0.600. The number of carbonyl (C=O) groups is 1. The smallest absolute Gasteiger partial charge is 0.228 e. The van der Waals surface area contributed by atoms with Crippen LogP contribution in [0.25, 0.3) is 10.7 Å². The van der Waals surface area contributed by atoms with Crippen LogP contribution in [0.5, 0.6) is 0 Å². The van der Waals surface area contributed by atoms with Gasteiger partial charge in [-0.2, -0.15) is 4.80 Å². The van der Waals surface area contributed by atoms with Gasteiger partial charge in [-0.15, -0.1) is 21.5 Å². The van der Waals surface area contributed by atoms with Crippen molar-refractivity contribution in [3.05, 3.63) is 17.5 Å². The molecule has 0 aliphatic carbocycles. The van der Waals surface area contributed by atoms with E-state index >= 15 is 0 Å². The van der Waals surface area contributed by atoms with Gasteiger partial charge in [-0.3, -0.25) is 4.79 Å². The lowest BCUT2D eigenvalue weighted by Gasteiger charge is -2.30. The molecule has 0 aromatic carbocycles. The summed E-state index contributed by atoms with van der Waals surface area (Å²) < 4.78 is 0. The lowest BCUT2D eigenvalue weighted by Crippen LogP contribution is -2.44. The summed E-state index contributed by atoms with van der Waals surface area (Å²) in [5.74, 6) is 0.857. The molecule has 1 aliphatic rings. The maximum Gasteiger partial charge on any atom is 0.228 e. The number of thiophene rings is 1. The molecule has 1 fully saturated rings. The first kappa shape index (κ1) is 15.1. The average Bonchev–Trinajstić information content (AvgIpc) is 3.18. The molecule has 0 bridgehead atoms. The Labute approximate surface area is 134 Å². The molecule has 1 atom stereocenters. The summed E-state index contributed by atoms with van der Waals surface area (Å²) in [4.78, 5) is 17.1. The molecule has 0 unspecified atom stereocenters. The number of nitrogens with zero attached hydrogens (tertiary/aromatic N) is 5. The standard InChI is InChI=1S/C15H21N5OS/c1-15(2,3)14(21)19-8-4-6-11(19)10-20-17-13(16-18-20)12-7-5-9-22-12/h5,7,9,11H,4,6,8,10H2,1-3H3/t11-/m0/s1. The predicted octanol–water partition coefficient (Wildman–Crippen LogP) is 2.44. The molecule has 22 heavy (non-hydrogen) atoms. The molecular formula is C15H21N5OS. The number of likely N-dealkylation sites (tertiary alicyclic amines) is 1. The second-order valence-electron chi connectivity index (χ2n) is 6.69. The molecule has 1 amide bonds. The van der Waals surface area contributed by atoms with E-state index in [1.54, 1.807) is 16.1 Å². The summed E-state index contributed by atoms with van der Waals surface area (Å²) in [6.07, 6.45) is 2.04. The van der Waals surface area contributed by atoms with Crippen LogP contribution in [0.15, 0.2) is 17.5 Å². The van der Waals surface area contributed by atoms with E-state index in [0.29, 0.717) is 12.4 Å². The Hall–Kier alpha value is -1.76. The first-order valence-corrected chi connectivity index (χ1v) is 8.46. The number of hydrogen-bond acceptors (Lipinski definition) is 5. The maximum atomic E-state index is 12.5. The van der Waals surface area contributed by atoms with Crippen LogP contribution in [0, 0.1) is 5.41 Å². The molecule has 6 nitrogen and oxygen atoms in total. The van der Waals surface area contributed by atoms with Crippen LogP contribution >= 0.6 is 11.3 Å². The van der Waals surface area contributed by atoms with E-state index in [9.17, 15) is 4.79 Å². The van der Waals surface area contributed by atoms with Crippen LogP contribution in [0.3, 0.4) is 0 Å². The second kappa shape index (κ2) is 5.79. The summed E-state index contributed by atoms with van der Waals surface area (Å²) in [6.45, 7) is 7.33. The topological polar surface area (TPSA) is 63.9 Å². The second-order valence-corrected chi connectivity index (χ2v) is 7.64. The average molecular weight is 319 g/mol. The van der Waals surface area contributed by atoms with Crippen LogP contribution in [0.1, 0.15) is 33.6 Å². The van der Waals surface area contributed by atoms with Gasteiger partial charge in [-0.05, 0) is 29.5 Å². The third-order valence-electron chi connectivity index (χ3n) is 3.85. The Kier molecular flexibility index (Phi) is 3.99. The SMILES string of the molecule is CC(C)(C)C(=O)N1CCC[C@H]1Cn1nnc(-c2cccs2)n1. The minimum Gasteiger partial charge on any atom is -0.337 e. The molecule has 118 valence electrons. The van der Waals surface area contributed by atoms with Crippen LogP contribution in [0.2, 0.25) is 0 Å². The number of rotatable bonds is 3. The van der Waals surface area contributed by atoms with Crippen LogP contribution in [-0.4, -0.2) is 43.6 Å². The fourth-order valence-electron chi connectivity index (χ4n) is 2.74. The molecule has 2 aromatic heterocycles. The summed E-state index contributed by atoms with van der Waals surface area (Å²) in [6, 6.07) is 4.12. The third kappa shape index (κ3) is 3.04. The highest BCUT2D eigenvalue weighted by Crippen LogP contribution is 2.26. The first-order valence-electron chi connectivity index (χ1n) is 7.58. The fourth-order valence-corrected chi connectivity index (χ4v) is 3.39. The van der Waals surface area contributed by atoms with Crippen LogP contribution in [0.4, 0.5) is 0 Å². The normalized spacial score (nSPS) is 18.9. The first-order chi connectivity index (χ1) is 10.4. The van der Waals surface area contributed by atoms with E-state index in [-0.39, 0.29) is 17.4 Å². The molecule has 2 aromatic rings. The zero-order chi connectivity index (χ0) is 15.7. The van der Waals surface area contributed by atoms with Crippen molar-refractivity contribution in [2.45, 2.75) is 46.2 Å². The molecule has 3 heterocycles. The maximum absolute atomic E-state index is 12.5. The Morgan fingerprint density at radius 3 is 2.95 bits per heavy atom. The van der Waals surface area contributed by atoms with Gasteiger partial charge >= 0.3 is 0 Å². The van der Waals surface area contributed by atoms with Gasteiger partial charge in [0.2, 0.25) is 11.7 Å². The zero-order valence-corrected chi connectivity index (χ0v) is 14.0. The summed E-state index contributed by atoms with van der Waals surface area (Å²) in [5.41, 5.74) is -0.347. The minimum atomic E-state index is -0.347. The van der Waals surface area contributed by atoms with Crippen molar-refractivity contribution >= 4 is 17.2 Å². The number of carbonyl (C=O) groups excluding carboxylic acids is 1. The van der Waals surface area contributed by atoms with E-state index in [4.69, 9.17) is 0 Å². The number of amides is 1. The van der Waals surface area contributed by atoms with Gasteiger partial charge in [0.05, 0.1) is 17.5 Å². The van der Waals surface area contributed by atoms with Crippen molar-refractivity contribution in [3.63, 3.8) is 0 Å². The van der Waals surface area contributed by atoms with E-state index in [2.05, 4.69) is 15.4 Å². The van der Waals surface area contributed by atoms with Crippen molar-refractivity contribution in [2.24, 2.45) is 5.41 Å². The monoisotopic (exact) mass is 319 g/mol. The molecular weight excluding hydrogens is 298 g/mol. The molecule has 3 rings (SSSR count). The van der Waals surface area contributed by atoms with E-state index in [0.717, 1.165) is 24.3 Å². The van der Waals surface area contributed by atoms with Gasteiger partial charge in [0, 0.05) is 12.0 Å². The Morgan fingerprint density at radius 2 is 2.27 bits per heavy atom. The summed E-state index contributed by atoms with van der Waals surface area (Å²) in [5, 5.41) is 14.7. The highest BCUT2D eigenvalue weighted by Gasteiger charge is 2.35. The van der Waals surface area contributed by atoms with Gasteiger partial charge in [-0.1, -0.05) is 26.8 Å². The molecule has 1 aliphatic heterocycles. The number of tetrazole rings is 1. The van der Waals surface area contributed by atoms with E-state index in [1.807, 2.05) is 43.2 Å². The van der Waals surface area contributed by atoms with Gasteiger partial charge < -0.3 is 4.90 Å². The van der Waals surface area contributed by atoms with E-state index in [1.165, 1.54) is 0 Å². The lowest BCUT2D eigenvalue weighted by atomic mass is 9.94. The molecule has 0 saturated carbocycles. The zero-order valence-electron chi connectivity index (χ0n) is 13.2. The third-order valence-corrected chi connectivity index (χ3v) is 4.71. The number of aromatic nitrogens is 4. The Morgan fingerprint density at radius 1 is 1.45 bits per heavy atom. The van der Waals surface area contributed by atoms with Crippen molar-refractivity contribution in [1.29, 1.82) is 0 Å². The van der Waals surface area contributed by atoms with Gasteiger partial charge in [0.15, 0.2) is 0 Å². The summed E-state index contributed by atoms with van der Waals surface area (Å²) in [7, 11) is 0. The molecule has 0 spiro atoms. The largest absolute Gasteiger partial charge is 0.337 e. The quantitative estimate of drug-likeness (QED) is 0.871. The van der Waals surface area contributed by atoms with Crippen LogP contribution < -0.4 is 0 Å². The van der Waals surface area contributed by atoms with Crippen molar-refractivity contribution in [1.82, 2.24) is 25.1 Å².